The smallest absolute Gasteiger partial charge is 0.245 e. The van der Waals surface area contributed by atoms with Crippen LogP contribution in [0.2, 0.25) is 0 Å². The molecule has 0 saturated heterocycles. The fraction of sp³-hybridized carbons (Fsp3) is 0.333. The molecule has 1 unspecified atom stereocenters. The molecule has 0 aliphatic heterocycles. The van der Waals surface area contributed by atoms with Crippen LogP contribution in [-0.4, -0.2) is 33.9 Å². The molecule has 8 heteroatoms. The third kappa shape index (κ3) is 5.38. The van der Waals surface area contributed by atoms with Gasteiger partial charge in [0.05, 0.1) is 11.2 Å². The van der Waals surface area contributed by atoms with Gasteiger partial charge in [0.15, 0.2) is 6.23 Å². The molecule has 2 aromatic rings. The van der Waals surface area contributed by atoms with E-state index in [0.29, 0.717) is 5.56 Å². The second-order valence-electron chi connectivity index (χ2n) is 6.35. The summed E-state index contributed by atoms with van der Waals surface area (Å²) in [4.78, 5) is 0.0821. The van der Waals surface area contributed by atoms with Crippen molar-refractivity contribution in [1.82, 2.24) is 4.31 Å². The van der Waals surface area contributed by atoms with Gasteiger partial charge in [0, 0.05) is 6.54 Å². The van der Waals surface area contributed by atoms with Gasteiger partial charge >= 0.3 is 0 Å². The average Bonchev–Trinajstić information content (AvgIpc) is 2.58. The number of benzene rings is 2. The predicted molar refractivity (Wildman–Crippen MR) is 100 cm³/mol. The van der Waals surface area contributed by atoms with Gasteiger partial charge in [-0.1, -0.05) is 62.4 Å². The number of hydrogen-bond donors (Lipinski definition) is 0. The summed E-state index contributed by atoms with van der Waals surface area (Å²) in [5.41, 5.74) is 0.443. The van der Waals surface area contributed by atoms with Crippen molar-refractivity contribution >= 4 is 20.1 Å². The van der Waals surface area contributed by atoms with Crippen molar-refractivity contribution in [1.29, 1.82) is 0 Å². The Morgan fingerprint density at radius 1 is 0.885 bits per heavy atom. The topological polar surface area (TPSA) is 80.8 Å². The zero-order valence-corrected chi connectivity index (χ0v) is 16.6. The van der Waals surface area contributed by atoms with Gasteiger partial charge in [-0.3, -0.25) is 0 Å². The van der Waals surface area contributed by atoms with E-state index in [9.17, 15) is 16.8 Å². The van der Waals surface area contributed by atoms with Crippen molar-refractivity contribution in [2.45, 2.75) is 25.0 Å². The van der Waals surface area contributed by atoms with Crippen molar-refractivity contribution in [3.05, 3.63) is 66.2 Å². The highest BCUT2D eigenvalue weighted by Crippen LogP contribution is 2.31. The van der Waals surface area contributed by atoms with Gasteiger partial charge in [0.1, 0.15) is 0 Å². The molecule has 0 aliphatic carbocycles. The quantitative estimate of drug-likeness (QED) is 0.505. The van der Waals surface area contributed by atoms with Crippen molar-refractivity contribution in [3.8, 4) is 0 Å². The number of rotatable bonds is 8. The van der Waals surface area contributed by atoms with E-state index < -0.39 is 26.4 Å². The third-order valence-corrected chi connectivity index (χ3v) is 5.86. The van der Waals surface area contributed by atoms with Crippen molar-refractivity contribution < 1.29 is 21.0 Å². The molecule has 0 radical (unpaired) electrons. The molecular weight excluding hydrogens is 374 g/mol. The van der Waals surface area contributed by atoms with E-state index in [4.69, 9.17) is 4.18 Å². The second-order valence-corrected chi connectivity index (χ2v) is 9.84. The van der Waals surface area contributed by atoms with E-state index in [1.165, 1.54) is 12.1 Å². The van der Waals surface area contributed by atoms with E-state index in [0.717, 1.165) is 10.6 Å². The van der Waals surface area contributed by atoms with Crippen LogP contribution in [0.25, 0.3) is 0 Å². The van der Waals surface area contributed by atoms with Gasteiger partial charge in [-0.2, -0.15) is 12.7 Å². The molecule has 2 rings (SSSR count). The Kier molecular flexibility index (Phi) is 6.57. The molecule has 0 bridgehead atoms. The van der Waals surface area contributed by atoms with Crippen molar-refractivity contribution in [2.24, 2.45) is 5.92 Å². The van der Waals surface area contributed by atoms with Gasteiger partial charge in [-0.15, -0.1) is 0 Å². The highest BCUT2D eigenvalue weighted by molar-refractivity contribution is 7.89. The molecule has 142 valence electrons. The minimum Gasteiger partial charge on any atom is -0.245 e. The van der Waals surface area contributed by atoms with Crippen LogP contribution in [0.4, 0.5) is 0 Å². The Balaban J connectivity index is 2.60. The summed E-state index contributed by atoms with van der Waals surface area (Å²) >= 11 is 0. The first-order valence-electron chi connectivity index (χ1n) is 8.11. The molecule has 0 spiro atoms. The first kappa shape index (κ1) is 20.6. The molecule has 0 aliphatic rings. The summed E-state index contributed by atoms with van der Waals surface area (Å²) in [6, 6.07) is 16.4. The molecule has 1 atom stereocenters. The third-order valence-electron chi connectivity index (χ3n) is 3.51. The molecule has 0 amide bonds. The lowest BCUT2D eigenvalue weighted by atomic mass is 10.2. The summed E-state index contributed by atoms with van der Waals surface area (Å²) in [7, 11) is -7.87. The highest BCUT2D eigenvalue weighted by atomic mass is 32.2. The lowest BCUT2D eigenvalue weighted by molar-refractivity contribution is 0.0873. The fourth-order valence-corrected chi connectivity index (χ4v) is 4.74. The maximum atomic E-state index is 13.2. The van der Waals surface area contributed by atoms with Gasteiger partial charge in [-0.05, 0) is 23.6 Å². The van der Waals surface area contributed by atoms with Gasteiger partial charge in [0.25, 0.3) is 10.1 Å². The maximum absolute atomic E-state index is 13.2. The summed E-state index contributed by atoms with van der Waals surface area (Å²) in [5, 5.41) is 0. The van der Waals surface area contributed by atoms with Crippen LogP contribution in [-0.2, 0) is 24.3 Å². The van der Waals surface area contributed by atoms with Crippen molar-refractivity contribution in [3.63, 3.8) is 0 Å². The fourth-order valence-electron chi connectivity index (χ4n) is 2.46. The van der Waals surface area contributed by atoms with Crippen LogP contribution >= 0.6 is 0 Å². The first-order valence-corrected chi connectivity index (χ1v) is 11.4. The number of sulfonamides is 1. The van der Waals surface area contributed by atoms with E-state index in [2.05, 4.69) is 0 Å². The molecule has 2 aromatic carbocycles. The molecule has 0 N–H and O–H groups in total. The zero-order valence-electron chi connectivity index (χ0n) is 14.9. The van der Waals surface area contributed by atoms with Gasteiger partial charge in [-0.25, -0.2) is 12.6 Å². The Labute approximate surface area is 155 Å². The molecule has 0 fully saturated rings. The summed E-state index contributed by atoms with van der Waals surface area (Å²) < 4.78 is 56.4. The van der Waals surface area contributed by atoms with Crippen LogP contribution in [0.3, 0.4) is 0 Å². The largest absolute Gasteiger partial charge is 0.266 e. The summed E-state index contributed by atoms with van der Waals surface area (Å²) in [6.07, 6.45) is -0.371. The lowest BCUT2D eigenvalue weighted by Crippen LogP contribution is -2.39. The highest BCUT2D eigenvalue weighted by Gasteiger charge is 2.35. The average molecular weight is 398 g/mol. The minimum atomic E-state index is -3.97. The minimum absolute atomic E-state index is 0.0390. The van der Waals surface area contributed by atoms with E-state index in [1.807, 2.05) is 13.8 Å². The van der Waals surface area contributed by atoms with Crippen LogP contribution in [0.1, 0.15) is 25.6 Å². The predicted octanol–water partition coefficient (Wildman–Crippen LogP) is 3.01. The van der Waals surface area contributed by atoms with Crippen LogP contribution in [0, 0.1) is 5.92 Å². The Hall–Kier alpha value is -1.74. The normalized spacial score (nSPS) is 13.9. The summed E-state index contributed by atoms with van der Waals surface area (Å²) in [5.74, 6) is -0.0390. The standard InChI is InChI=1S/C18H23NO5S2/c1-15(2)14-19(26(22,23)17-12-8-5-9-13-17)18(24-25(3,20)21)16-10-6-4-7-11-16/h4-13,15,18H,14H2,1-3H3. The molecule has 6 nitrogen and oxygen atoms in total. The molecule has 0 heterocycles. The van der Waals surface area contributed by atoms with Crippen LogP contribution in [0.5, 0.6) is 0 Å². The van der Waals surface area contributed by atoms with E-state index in [1.54, 1.807) is 48.5 Å². The first-order chi connectivity index (χ1) is 12.1. The molecule has 0 aromatic heterocycles. The molecular formula is C18H23NO5S2. The van der Waals surface area contributed by atoms with Gasteiger partial charge < -0.3 is 0 Å². The zero-order chi connectivity index (χ0) is 19.4. The van der Waals surface area contributed by atoms with Crippen LogP contribution in [0.15, 0.2) is 65.6 Å². The van der Waals surface area contributed by atoms with E-state index in [-0.39, 0.29) is 17.4 Å². The lowest BCUT2D eigenvalue weighted by Gasteiger charge is -2.31. The molecule has 26 heavy (non-hydrogen) atoms. The SMILES string of the molecule is CC(C)CN(C(OS(C)(=O)=O)c1ccccc1)S(=O)(=O)c1ccccc1. The summed E-state index contributed by atoms with van der Waals surface area (Å²) in [6.45, 7) is 3.82. The van der Waals surface area contributed by atoms with E-state index >= 15 is 0 Å². The monoisotopic (exact) mass is 397 g/mol. The Bertz CT molecular complexity index is 911. The van der Waals surface area contributed by atoms with Crippen molar-refractivity contribution in [2.75, 3.05) is 12.8 Å². The molecule has 0 saturated carbocycles. The van der Waals surface area contributed by atoms with Gasteiger partial charge in [0.2, 0.25) is 10.0 Å². The second kappa shape index (κ2) is 8.30. The number of hydrogen-bond acceptors (Lipinski definition) is 5. The maximum Gasteiger partial charge on any atom is 0.266 e. The Morgan fingerprint density at radius 2 is 1.38 bits per heavy atom. The number of nitrogens with zero attached hydrogens (tertiary/aromatic N) is 1. The van der Waals surface area contributed by atoms with Crippen LogP contribution < -0.4 is 0 Å². The Morgan fingerprint density at radius 3 is 1.85 bits per heavy atom.